The lowest BCUT2D eigenvalue weighted by molar-refractivity contribution is -0.116. The molecule has 108 valence electrons. The second kappa shape index (κ2) is 5.13. The normalized spacial score (nSPS) is 20.2. The Bertz CT molecular complexity index is 529. The molecule has 20 heavy (non-hydrogen) atoms. The van der Waals surface area contributed by atoms with Gasteiger partial charge >= 0.3 is 7.12 Å². The zero-order chi connectivity index (χ0) is 15.1. The Balaban J connectivity index is 2.29. The van der Waals surface area contributed by atoms with Crippen molar-refractivity contribution in [2.75, 3.05) is 0 Å². The lowest BCUT2D eigenvalue weighted by atomic mass is 9.84. The average Bonchev–Trinajstić information content (AvgIpc) is 2.50. The summed E-state index contributed by atoms with van der Waals surface area (Å²) in [6, 6.07) is 3.50. The van der Waals surface area contributed by atoms with Crippen LogP contribution in [-0.2, 0) is 20.5 Å². The van der Waals surface area contributed by atoms with Crippen molar-refractivity contribution in [1.29, 1.82) is 0 Å². The summed E-state index contributed by atoms with van der Waals surface area (Å²) in [5.41, 5.74) is 0.370. The van der Waals surface area contributed by atoms with E-state index in [1.165, 1.54) is 6.92 Å². The zero-order valence-corrected chi connectivity index (χ0v) is 13.2. The summed E-state index contributed by atoms with van der Waals surface area (Å²) in [6.07, 6.45) is 0.214. The van der Waals surface area contributed by atoms with Gasteiger partial charge in [-0.2, -0.15) is 0 Å². The predicted octanol–water partition coefficient (Wildman–Crippen LogP) is 2.17. The monoisotopic (exact) mass is 295 g/mol. The Morgan fingerprint density at radius 2 is 1.80 bits per heavy atom. The van der Waals surface area contributed by atoms with Crippen molar-refractivity contribution in [3.05, 3.63) is 22.8 Å². The summed E-state index contributed by atoms with van der Waals surface area (Å²) in [6.45, 7) is 9.46. The highest BCUT2D eigenvalue weighted by atomic mass is 35.5. The van der Waals surface area contributed by atoms with Crippen molar-refractivity contribution in [3.63, 3.8) is 0 Å². The van der Waals surface area contributed by atoms with Crippen LogP contribution in [0.25, 0.3) is 0 Å². The van der Waals surface area contributed by atoms with E-state index in [1.54, 1.807) is 12.1 Å². The Labute approximate surface area is 125 Å². The molecule has 0 aromatic carbocycles. The number of ketones is 1. The van der Waals surface area contributed by atoms with E-state index in [9.17, 15) is 4.79 Å². The highest BCUT2D eigenvalue weighted by molar-refractivity contribution is 6.61. The topological polar surface area (TPSA) is 48.4 Å². The van der Waals surface area contributed by atoms with Gasteiger partial charge in [0.1, 0.15) is 5.78 Å². The van der Waals surface area contributed by atoms with E-state index >= 15 is 0 Å². The van der Waals surface area contributed by atoms with Crippen LogP contribution in [0.2, 0.25) is 5.02 Å². The van der Waals surface area contributed by atoms with Gasteiger partial charge in [0, 0.05) is 6.42 Å². The van der Waals surface area contributed by atoms with E-state index in [2.05, 4.69) is 4.98 Å². The number of hydrogen-bond acceptors (Lipinski definition) is 4. The number of rotatable bonds is 3. The van der Waals surface area contributed by atoms with Crippen molar-refractivity contribution < 1.29 is 14.1 Å². The Morgan fingerprint density at radius 3 is 2.30 bits per heavy atom. The van der Waals surface area contributed by atoms with Crippen molar-refractivity contribution in [2.45, 2.75) is 52.2 Å². The fourth-order valence-corrected chi connectivity index (χ4v) is 2.13. The minimum Gasteiger partial charge on any atom is -0.398 e. The molecule has 1 fully saturated rings. The van der Waals surface area contributed by atoms with Crippen LogP contribution in [0.1, 0.15) is 40.3 Å². The third kappa shape index (κ3) is 2.90. The Hall–Kier alpha value is -0.905. The fourth-order valence-electron chi connectivity index (χ4n) is 1.96. The van der Waals surface area contributed by atoms with E-state index < -0.39 is 18.3 Å². The first-order valence-corrected chi connectivity index (χ1v) is 7.00. The van der Waals surface area contributed by atoms with Crippen LogP contribution in [0.5, 0.6) is 0 Å². The van der Waals surface area contributed by atoms with Crippen molar-refractivity contribution in [3.8, 4) is 0 Å². The molecule has 2 heterocycles. The fraction of sp³-hybridized carbons (Fsp3) is 0.571. The first-order chi connectivity index (χ1) is 9.12. The molecule has 2 rings (SSSR count). The molecule has 0 radical (unpaired) electrons. The Morgan fingerprint density at radius 1 is 1.25 bits per heavy atom. The highest BCUT2D eigenvalue weighted by Crippen LogP contribution is 2.36. The minimum absolute atomic E-state index is 0.0190. The van der Waals surface area contributed by atoms with Gasteiger partial charge in [0.25, 0.3) is 0 Å². The van der Waals surface area contributed by atoms with Crippen LogP contribution in [0.4, 0.5) is 0 Å². The van der Waals surface area contributed by atoms with Crippen LogP contribution in [0.3, 0.4) is 0 Å². The average molecular weight is 296 g/mol. The summed E-state index contributed by atoms with van der Waals surface area (Å²) < 4.78 is 11.9. The largest absolute Gasteiger partial charge is 0.514 e. The number of halogens is 1. The smallest absolute Gasteiger partial charge is 0.398 e. The lowest BCUT2D eigenvalue weighted by Gasteiger charge is -2.32. The Kier molecular flexibility index (Phi) is 3.97. The number of aromatic nitrogens is 1. The van der Waals surface area contributed by atoms with E-state index in [1.807, 2.05) is 27.7 Å². The maximum Gasteiger partial charge on any atom is 0.514 e. The van der Waals surface area contributed by atoms with Gasteiger partial charge in [-0.3, -0.25) is 9.78 Å². The minimum atomic E-state index is -0.539. The van der Waals surface area contributed by atoms with Crippen molar-refractivity contribution in [1.82, 2.24) is 4.98 Å². The number of hydrogen-bond donors (Lipinski definition) is 0. The molecule has 0 atom stereocenters. The second-order valence-electron chi connectivity index (χ2n) is 6.13. The van der Waals surface area contributed by atoms with Gasteiger partial charge < -0.3 is 9.31 Å². The molecular weight excluding hydrogens is 276 g/mol. The van der Waals surface area contributed by atoms with Crippen LogP contribution in [-0.4, -0.2) is 29.1 Å². The summed E-state index contributed by atoms with van der Waals surface area (Å²) >= 11 is 6.06. The predicted molar refractivity (Wildman–Crippen MR) is 79.3 cm³/mol. The van der Waals surface area contributed by atoms with Gasteiger partial charge in [-0.15, -0.1) is 0 Å². The van der Waals surface area contributed by atoms with Gasteiger partial charge in [0.05, 0.1) is 27.5 Å². The summed E-state index contributed by atoms with van der Waals surface area (Å²) in [5, 5.41) is 0.487. The summed E-state index contributed by atoms with van der Waals surface area (Å²) in [7, 11) is -0.539. The number of carbonyl (C=O) groups excluding carboxylic acids is 1. The van der Waals surface area contributed by atoms with E-state index in [0.717, 1.165) is 0 Å². The molecule has 4 nitrogen and oxygen atoms in total. The third-order valence-corrected chi connectivity index (χ3v) is 4.20. The maximum absolute atomic E-state index is 11.2. The van der Waals surface area contributed by atoms with Gasteiger partial charge in [0.2, 0.25) is 0 Å². The molecule has 1 aromatic heterocycles. The molecule has 1 aliphatic heterocycles. The molecule has 0 aliphatic carbocycles. The van der Waals surface area contributed by atoms with Gasteiger partial charge in [-0.1, -0.05) is 11.6 Å². The zero-order valence-electron chi connectivity index (χ0n) is 12.5. The van der Waals surface area contributed by atoms with Crippen molar-refractivity contribution in [2.24, 2.45) is 0 Å². The lowest BCUT2D eigenvalue weighted by Crippen LogP contribution is -2.41. The summed E-state index contributed by atoms with van der Waals surface area (Å²) in [4.78, 5) is 15.7. The molecule has 0 N–H and O–H groups in total. The van der Waals surface area contributed by atoms with Crippen LogP contribution in [0, 0.1) is 0 Å². The molecule has 0 bridgehead atoms. The summed E-state index contributed by atoms with van der Waals surface area (Å²) in [5.74, 6) is 0.0190. The van der Waals surface area contributed by atoms with Gasteiger partial charge in [0.15, 0.2) is 0 Å². The van der Waals surface area contributed by atoms with Gasteiger partial charge in [-0.05, 0) is 46.8 Å². The third-order valence-electron chi connectivity index (χ3n) is 3.85. The number of pyridine rings is 1. The highest BCUT2D eigenvalue weighted by Gasteiger charge is 2.52. The second-order valence-corrected chi connectivity index (χ2v) is 6.54. The van der Waals surface area contributed by atoms with Crippen LogP contribution < -0.4 is 5.59 Å². The molecule has 0 unspecified atom stereocenters. The standard InChI is InChI=1S/C14H19BClNO3/c1-9(18)8-11-10(16)6-7-12(17-11)15-19-13(2,3)14(4,5)20-15/h6-7H,8H2,1-5H3. The number of nitrogens with zero attached hydrogens (tertiary/aromatic N) is 1. The van der Waals surface area contributed by atoms with Gasteiger partial charge in [-0.25, -0.2) is 0 Å². The number of carbonyl (C=O) groups is 1. The number of Topliss-reactive ketones (excluding diaryl/α,β-unsaturated/α-hetero) is 1. The first-order valence-electron chi connectivity index (χ1n) is 6.63. The molecule has 0 amide bonds. The maximum atomic E-state index is 11.2. The molecular formula is C14H19BClNO3. The van der Waals surface area contributed by atoms with Crippen molar-refractivity contribution >= 4 is 30.1 Å². The SMILES string of the molecule is CC(=O)Cc1nc(B2OC(C)(C)C(C)(C)O2)ccc1Cl. The van der Waals surface area contributed by atoms with E-state index in [-0.39, 0.29) is 12.2 Å². The molecule has 1 aromatic rings. The quantitative estimate of drug-likeness (QED) is 0.802. The molecule has 0 spiro atoms. The van der Waals surface area contributed by atoms with E-state index in [0.29, 0.717) is 16.3 Å². The molecule has 1 aliphatic rings. The first kappa shape index (κ1) is 15.5. The van der Waals surface area contributed by atoms with Crippen LogP contribution in [0.15, 0.2) is 12.1 Å². The molecule has 1 saturated heterocycles. The molecule has 6 heteroatoms. The van der Waals surface area contributed by atoms with E-state index in [4.69, 9.17) is 20.9 Å². The molecule has 0 saturated carbocycles. The van der Waals surface area contributed by atoms with Crippen LogP contribution >= 0.6 is 11.6 Å².